The van der Waals surface area contributed by atoms with Gasteiger partial charge in [0.25, 0.3) is 0 Å². The van der Waals surface area contributed by atoms with E-state index in [1.54, 1.807) is 0 Å². The molecule has 0 aromatic heterocycles. The van der Waals surface area contributed by atoms with Crippen molar-refractivity contribution in [2.24, 2.45) is 40.4 Å². The first-order valence-electron chi connectivity index (χ1n) is 12.5. The Morgan fingerprint density at radius 2 is 1.63 bits per heavy atom. The molecule has 5 rings (SSSR count). The van der Waals surface area contributed by atoms with E-state index >= 15 is 0 Å². The molecule has 0 unspecified atom stereocenters. The van der Waals surface area contributed by atoms with Gasteiger partial charge >= 0.3 is 0 Å². The minimum Gasteiger partial charge on any atom is -0.390 e. The van der Waals surface area contributed by atoms with E-state index in [0.717, 1.165) is 37.0 Å². The molecule has 4 aliphatic rings. The van der Waals surface area contributed by atoms with Crippen LogP contribution < -0.4 is 0 Å². The van der Waals surface area contributed by atoms with Crippen molar-refractivity contribution in [3.8, 4) is 0 Å². The molecule has 0 aliphatic heterocycles. The minimum atomic E-state index is -0.456. The number of carbonyl (C=O) groups is 1. The molecular weight excluding hydrogens is 368 g/mol. The molecule has 4 aliphatic carbocycles. The zero-order valence-electron chi connectivity index (χ0n) is 19.2. The van der Waals surface area contributed by atoms with Crippen LogP contribution in [-0.2, 0) is 11.2 Å². The van der Waals surface area contributed by atoms with E-state index in [-0.39, 0.29) is 11.3 Å². The summed E-state index contributed by atoms with van der Waals surface area (Å²) in [5.41, 5.74) is 1.32. The summed E-state index contributed by atoms with van der Waals surface area (Å²) >= 11 is 0. The van der Waals surface area contributed by atoms with Gasteiger partial charge in [-0.1, -0.05) is 44.2 Å². The number of rotatable bonds is 3. The molecule has 1 N–H and O–H groups in total. The quantitative estimate of drug-likeness (QED) is 0.646. The van der Waals surface area contributed by atoms with Gasteiger partial charge in [0.15, 0.2) is 0 Å². The fraction of sp³-hybridized carbons (Fsp3) is 0.750. The number of aliphatic hydroxyl groups is 1. The highest BCUT2D eigenvalue weighted by molar-refractivity contribution is 5.84. The molecule has 0 spiro atoms. The van der Waals surface area contributed by atoms with Crippen LogP contribution in [-0.4, -0.2) is 16.5 Å². The molecule has 4 saturated carbocycles. The lowest BCUT2D eigenvalue weighted by molar-refractivity contribution is -0.150. The predicted molar refractivity (Wildman–Crippen MR) is 121 cm³/mol. The first kappa shape index (κ1) is 20.7. The number of fused-ring (bicyclic) bond motifs is 5. The Balaban J connectivity index is 1.35. The van der Waals surface area contributed by atoms with Crippen molar-refractivity contribution in [1.29, 1.82) is 0 Å². The van der Waals surface area contributed by atoms with Gasteiger partial charge in [-0.25, -0.2) is 0 Å². The standard InChI is InChI=1S/C28H40O2/c1-26(30)15-16-27(2)20(18-26)9-10-21-22-11-12-24(28(22,3)14-13-23(21)27)25(29)17-19-7-5-4-6-8-19/h4-8,20-24,30H,9-18H2,1-3H3/t20-,21+,22+,23+,24-,26-,27+,28+/m1/s1. The van der Waals surface area contributed by atoms with Gasteiger partial charge in [0.2, 0.25) is 0 Å². The largest absolute Gasteiger partial charge is 0.390 e. The Labute approximate surface area is 182 Å². The number of hydrogen-bond donors (Lipinski definition) is 1. The smallest absolute Gasteiger partial charge is 0.140 e. The molecule has 0 bridgehead atoms. The summed E-state index contributed by atoms with van der Waals surface area (Å²) in [4.78, 5) is 13.4. The number of ketones is 1. The summed E-state index contributed by atoms with van der Waals surface area (Å²) in [6.07, 6.45) is 11.2. The van der Waals surface area contributed by atoms with E-state index in [0.29, 0.717) is 23.5 Å². The summed E-state index contributed by atoms with van der Waals surface area (Å²) in [7, 11) is 0. The van der Waals surface area contributed by atoms with Gasteiger partial charge in [0, 0.05) is 12.3 Å². The van der Waals surface area contributed by atoms with Gasteiger partial charge in [-0.3, -0.25) is 4.79 Å². The third kappa shape index (κ3) is 3.20. The SMILES string of the molecule is C[C@@]1(O)CC[C@@]2(C)[C@H](CC[C@@H]3[C@@H]2CC[C@]2(C)[C@@H](C(=O)Cc4ccccc4)CC[C@@H]32)C1. The highest BCUT2D eigenvalue weighted by Gasteiger charge is 2.61. The van der Waals surface area contributed by atoms with E-state index in [9.17, 15) is 9.90 Å². The zero-order chi connectivity index (χ0) is 21.1. The van der Waals surface area contributed by atoms with E-state index in [4.69, 9.17) is 0 Å². The fourth-order valence-electron chi connectivity index (χ4n) is 8.88. The minimum absolute atomic E-state index is 0.205. The normalized spacial score (nSPS) is 47.8. The second kappa shape index (κ2) is 7.19. The van der Waals surface area contributed by atoms with Gasteiger partial charge in [-0.15, -0.1) is 0 Å². The molecule has 8 atom stereocenters. The second-order valence-electron chi connectivity index (χ2n) is 12.2. The third-order valence-electron chi connectivity index (χ3n) is 10.6. The highest BCUT2D eigenvalue weighted by Crippen LogP contribution is 2.68. The summed E-state index contributed by atoms with van der Waals surface area (Å²) in [5.74, 6) is 3.74. The maximum atomic E-state index is 13.4. The molecule has 1 aromatic rings. The summed E-state index contributed by atoms with van der Waals surface area (Å²) in [5, 5.41) is 10.7. The molecule has 164 valence electrons. The van der Waals surface area contributed by atoms with Crippen LogP contribution >= 0.6 is 0 Å². The van der Waals surface area contributed by atoms with Crippen molar-refractivity contribution in [2.75, 3.05) is 0 Å². The van der Waals surface area contributed by atoms with Gasteiger partial charge in [0.1, 0.15) is 5.78 Å². The summed E-state index contributed by atoms with van der Waals surface area (Å²) in [6.45, 7) is 7.07. The van der Waals surface area contributed by atoms with Gasteiger partial charge in [0.05, 0.1) is 5.60 Å². The maximum Gasteiger partial charge on any atom is 0.140 e. The molecule has 2 nitrogen and oxygen atoms in total. The van der Waals surface area contributed by atoms with Crippen molar-refractivity contribution < 1.29 is 9.90 Å². The van der Waals surface area contributed by atoms with Crippen LogP contribution in [0.15, 0.2) is 30.3 Å². The van der Waals surface area contributed by atoms with Crippen molar-refractivity contribution in [3.63, 3.8) is 0 Å². The molecule has 0 heterocycles. The Bertz CT molecular complexity index is 798. The van der Waals surface area contributed by atoms with Crippen molar-refractivity contribution in [3.05, 3.63) is 35.9 Å². The van der Waals surface area contributed by atoms with Crippen molar-refractivity contribution >= 4 is 5.78 Å². The lowest BCUT2D eigenvalue weighted by atomic mass is 9.44. The molecule has 1 aromatic carbocycles. The van der Waals surface area contributed by atoms with Crippen LogP contribution in [0.2, 0.25) is 0 Å². The molecule has 2 heteroatoms. The summed E-state index contributed by atoms with van der Waals surface area (Å²) in [6, 6.07) is 10.3. The topological polar surface area (TPSA) is 37.3 Å². The van der Waals surface area contributed by atoms with E-state index in [1.165, 1.54) is 44.1 Å². The van der Waals surface area contributed by atoms with Crippen molar-refractivity contribution in [2.45, 2.75) is 90.6 Å². The lowest BCUT2D eigenvalue weighted by Crippen LogP contribution is -2.55. The Kier molecular flexibility index (Phi) is 4.97. The summed E-state index contributed by atoms with van der Waals surface area (Å²) < 4.78 is 0. The first-order chi connectivity index (χ1) is 14.2. The zero-order valence-corrected chi connectivity index (χ0v) is 19.2. The molecule has 0 amide bonds. The Hall–Kier alpha value is -1.15. The molecule has 0 radical (unpaired) electrons. The average molecular weight is 409 g/mol. The highest BCUT2D eigenvalue weighted by atomic mass is 16.3. The monoisotopic (exact) mass is 408 g/mol. The molecule has 0 saturated heterocycles. The van der Waals surface area contributed by atoms with Crippen LogP contribution in [0.3, 0.4) is 0 Å². The predicted octanol–water partition coefficient (Wildman–Crippen LogP) is 6.21. The second-order valence-corrected chi connectivity index (χ2v) is 12.2. The Morgan fingerprint density at radius 1 is 0.900 bits per heavy atom. The third-order valence-corrected chi connectivity index (χ3v) is 10.6. The Morgan fingerprint density at radius 3 is 2.40 bits per heavy atom. The van der Waals surface area contributed by atoms with Crippen LogP contribution in [0.5, 0.6) is 0 Å². The number of Topliss-reactive ketones (excluding diaryl/α,β-unsaturated/α-hetero) is 1. The molecular formula is C28H40O2. The van der Waals surface area contributed by atoms with Gasteiger partial charge in [-0.2, -0.15) is 0 Å². The van der Waals surface area contributed by atoms with Gasteiger partial charge < -0.3 is 5.11 Å². The lowest BCUT2D eigenvalue weighted by Gasteiger charge is -2.61. The maximum absolute atomic E-state index is 13.4. The average Bonchev–Trinajstić information content (AvgIpc) is 3.06. The number of benzene rings is 1. The number of hydrogen-bond acceptors (Lipinski definition) is 2. The van der Waals surface area contributed by atoms with E-state index in [1.807, 2.05) is 18.2 Å². The van der Waals surface area contributed by atoms with Gasteiger partial charge in [-0.05, 0) is 105 Å². The van der Waals surface area contributed by atoms with E-state index in [2.05, 4.69) is 32.9 Å². The van der Waals surface area contributed by atoms with Crippen LogP contribution in [0, 0.1) is 40.4 Å². The molecule has 30 heavy (non-hydrogen) atoms. The van der Waals surface area contributed by atoms with E-state index < -0.39 is 5.60 Å². The van der Waals surface area contributed by atoms with Crippen LogP contribution in [0.1, 0.15) is 84.1 Å². The number of carbonyl (C=O) groups excluding carboxylic acids is 1. The van der Waals surface area contributed by atoms with Crippen LogP contribution in [0.25, 0.3) is 0 Å². The fourth-order valence-corrected chi connectivity index (χ4v) is 8.88. The van der Waals surface area contributed by atoms with Crippen molar-refractivity contribution in [1.82, 2.24) is 0 Å². The first-order valence-corrected chi connectivity index (χ1v) is 12.5. The van der Waals surface area contributed by atoms with Crippen LogP contribution in [0.4, 0.5) is 0 Å². The molecule has 4 fully saturated rings.